The molecule has 1 saturated carbocycles. The Morgan fingerprint density at radius 1 is 1.19 bits per heavy atom. The molecule has 1 aromatic heterocycles. The smallest absolute Gasteiger partial charge is 0.403 e. The first-order valence-corrected chi connectivity index (χ1v) is 13.0. The van der Waals surface area contributed by atoms with E-state index < -0.39 is 42.4 Å². The second kappa shape index (κ2) is 11.5. The summed E-state index contributed by atoms with van der Waals surface area (Å²) >= 11 is 0. The predicted molar refractivity (Wildman–Crippen MR) is 124 cm³/mol. The molecule has 1 amide bonds. The minimum atomic E-state index is -4.78. The van der Waals surface area contributed by atoms with E-state index in [0.29, 0.717) is 5.92 Å². The van der Waals surface area contributed by atoms with E-state index in [9.17, 15) is 27.9 Å². The first-order valence-electron chi connectivity index (χ1n) is 13.0. The van der Waals surface area contributed by atoms with Gasteiger partial charge in [0, 0.05) is 37.6 Å². The molecule has 2 aliphatic carbocycles. The van der Waals surface area contributed by atoms with Gasteiger partial charge in [-0.1, -0.05) is 6.07 Å². The summed E-state index contributed by atoms with van der Waals surface area (Å²) in [6.45, 7) is -0.332. The Labute approximate surface area is 209 Å². The summed E-state index contributed by atoms with van der Waals surface area (Å²) in [6.07, 6.45) is 2.39. The third-order valence-corrected chi connectivity index (χ3v) is 7.92. The first kappa shape index (κ1) is 26.9. The van der Waals surface area contributed by atoms with Crippen LogP contribution in [0.4, 0.5) is 13.2 Å². The monoisotopic (exact) mass is 512 g/mol. The summed E-state index contributed by atoms with van der Waals surface area (Å²) in [5.74, 6) is -2.16. The van der Waals surface area contributed by atoms with Crippen LogP contribution in [0.5, 0.6) is 0 Å². The maximum Gasteiger partial charge on any atom is 0.403 e. The van der Waals surface area contributed by atoms with Gasteiger partial charge >= 0.3 is 12.1 Å². The lowest BCUT2D eigenvalue weighted by atomic mass is 9.78. The summed E-state index contributed by atoms with van der Waals surface area (Å²) in [7, 11) is 0. The number of fused-ring (bicyclic) bond motifs is 1. The second-order valence-electron chi connectivity index (χ2n) is 10.3. The maximum absolute atomic E-state index is 13.7. The molecule has 1 unspecified atom stereocenters. The Kier molecular flexibility index (Phi) is 8.55. The lowest BCUT2D eigenvalue weighted by molar-refractivity contribution is -0.240. The van der Waals surface area contributed by atoms with Crippen molar-refractivity contribution in [2.45, 2.75) is 89.0 Å². The van der Waals surface area contributed by atoms with Gasteiger partial charge in [-0.15, -0.1) is 0 Å². The van der Waals surface area contributed by atoms with Crippen LogP contribution in [0.1, 0.15) is 68.3 Å². The number of halogens is 3. The van der Waals surface area contributed by atoms with Gasteiger partial charge in [0.05, 0.1) is 6.10 Å². The number of carboxylic acids is 1. The molecule has 2 N–H and O–H groups in total. The van der Waals surface area contributed by atoms with Gasteiger partial charge in [0.1, 0.15) is 11.5 Å². The molecule has 4 rings (SSSR count). The molecule has 7 nitrogen and oxygen atoms in total. The minimum Gasteiger partial charge on any atom is -0.480 e. The van der Waals surface area contributed by atoms with Crippen LogP contribution in [-0.4, -0.2) is 60.1 Å². The fourth-order valence-electron chi connectivity index (χ4n) is 5.43. The number of aryl methyl sites for hydroxylation is 3. The lowest BCUT2D eigenvalue weighted by Crippen LogP contribution is -2.57. The number of aliphatic carboxylic acids is 1. The van der Waals surface area contributed by atoms with E-state index in [0.717, 1.165) is 44.2 Å². The number of aromatic nitrogens is 1. The topological polar surface area (TPSA) is 97.8 Å². The Balaban J connectivity index is 1.18. The summed E-state index contributed by atoms with van der Waals surface area (Å²) in [5.41, 5.74) is 1.13. The van der Waals surface area contributed by atoms with Crippen molar-refractivity contribution in [3.8, 4) is 0 Å². The number of rotatable bonds is 10. The third-order valence-electron chi connectivity index (χ3n) is 7.92. The highest BCUT2D eigenvalue weighted by atomic mass is 19.4. The molecule has 10 heteroatoms. The van der Waals surface area contributed by atoms with Crippen molar-refractivity contribution in [2.75, 3.05) is 19.8 Å². The molecule has 2 heterocycles. The van der Waals surface area contributed by atoms with Gasteiger partial charge in [0.25, 0.3) is 0 Å². The van der Waals surface area contributed by atoms with Crippen molar-refractivity contribution >= 4 is 11.9 Å². The standard InChI is InChI=1S/C26H35F3N2O5/c27-26(28,29)25(10-13-35-14-11-25)24(34)31-22(23(32)33)9-12-36-20-15-17(16-20)5-7-19-8-6-18-3-1-2-4-21(18)30-19/h6,8,17,20,22H,1-5,7,9-16H2,(H,31,34)(H,32,33). The molecule has 2 fully saturated rings. The number of hydrogen-bond donors (Lipinski definition) is 2. The lowest BCUT2D eigenvalue weighted by Gasteiger charge is -2.38. The Morgan fingerprint density at radius 3 is 2.61 bits per heavy atom. The van der Waals surface area contributed by atoms with Gasteiger partial charge in [0.15, 0.2) is 0 Å². The van der Waals surface area contributed by atoms with Crippen molar-refractivity contribution in [3.63, 3.8) is 0 Å². The van der Waals surface area contributed by atoms with Crippen LogP contribution in [0.3, 0.4) is 0 Å². The number of ether oxygens (including phenoxy) is 2. The van der Waals surface area contributed by atoms with E-state index >= 15 is 0 Å². The minimum absolute atomic E-state index is 0.00801. The highest BCUT2D eigenvalue weighted by Gasteiger charge is 2.60. The summed E-state index contributed by atoms with van der Waals surface area (Å²) in [4.78, 5) is 29.0. The molecule has 1 atom stereocenters. The Bertz CT molecular complexity index is 927. The molecule has 1 aliphatic heterocycles. The third kappa shape index (κ3) is 6.19. The number of carbonyl (C=O) groups excluding carboxylic acids is 1. The second-order valence-corrected chi connectivity index (χ2v) is 10.3. The molecule has 1 aromatic rings. The van der Waals surface area contributed by atoms with E-state index in [1.54, 1.807) is 0 Å². The van der Waals surface area contributed by atoms with Gasteiger partial charge in [-0.25, -0.2) is 4.79 Å². The van der Waals surface area contributed by atoms with Gasteiger partial charge < -0.3 is 19.9 Å². The Hall–Kier alpha value is -2.20. The van der Waals surface area contributed by atoms with E-state index in [-0.39, 0.29) is 32.3 Å². The average molecular weight is 513 g/mol. The SMILES string of the molecule is O=C(O)C(CCOC1CC(CCc2ccc3c(n2)CCCC3)C1)NC(=O)C1(C(F)(F)F)CCOCC1. The van der Waals surface area contributed by atoms with E-state index in [2.05, 4.69) is 17.4 Å². The van der Waals surface area contributed by atoms with Gasteiger partial charge in [-0.05, 0) is 81.8 Å². The summed E-state index contributed by atoms with van der Waals surface area (Å²) < 4.78 is 51.8. The fourth-order valence-corrected chi connectivity index (χ4v) is 5.43. The van der Waals surface area contributed by atoms with E-state index in [4.69, 9.17) is 14.5 Å². The van der Waals surface area contributed by atoms with Crippen molar-refractivity contribution in [1.82, 2.24) is 10.3 Å². The largest absolute Gasteiger partial charge is 0.480 e. The molecular weight excluding hydrogens is 477 g/mol. The first-order chi connectivity index (χ1) is 17.2. The van der Waals surface area contributed by atoms with Crippen molar-refractivity contribution < 1.29 is 37.3 Å². The number of alkyl halides is 3. The molecular formula is C26H35F3N2O5. The number of nitrogens with one attached hydrogen (secondary N) is 1. The zero-order valence-corrected chi connectivity index (χ0v) is 20.4. The summed E-state index contributed by atoms with van der Waals surface area (Å²) in [6, 6.07) is 2.89. The number of pyridine rings is 1. The maximum atomic E-state index is 13.7. The molecule has 0 aromatic carbocycles. The number of carboxylic acid groups (broad SMARTS) is 1. The van der Waals surface area contributed by atoms with Gasteiger partial charge in [-0.3, -0.25) is 9.78 Å². The van der Waals surface area contributed by atoms with Crippen LogP contribution in [0.15, 0.2) is 12.1 Å². The number of nitrogens with zero attached hydrogens (tertiary/aromatic N) is 1. The molecule has 200 valence electrons. The van der Waals surface area contributed by atoms with Crippen LogP contribution in [0.25, 0.3) is 0 Å². The van der Waals surface area contributed by atoms with Gasteiger partial charge in [-0.2, -0.15) is 13.2 Å². The van der Waals surface area contributed by atoms with Crippen LogP contribution >= 0.6 is 0 Å². The number of hydrogen-bond acceptors (Lipinski definition) is 5. The normalized spacial score (nSPS) is 24.3. The van der Waals surface area contributed by atoms with Crippen LogP contribution < -0.4 is 5.32 Å². The average Bonchev–Trinajstić information content (AvgIpc) is 2.83. The highest BCUT2D eigenvalue weighted by Crippen LogP contribution is 2.46. The van der Waals surface area contributed by atoms with Crippen LogP contribution in [-0.2, 0) is 38.3 Å². The highest BCUT2D eigenvalue weighted by molar-refractivity contribution is 5.88. The van der Waals surface area contributed by atoms with Crippen molar-refractivity contribution in [1.29, 1.82) is 0 Å². The van der Waals surface area contributed by atoms with Gasteiger partial charge in [0.2, 0.25) is 5.91 Å². The number of amides is 1. The molecule has 0 radical (unpaired) electrons. The fraction of sp³-hybridized carbons (Fsp3) is 0.731. The molecule has 0 spiro atoms. The molecule has 0 bridgehead atoms. The van der Waals surface area contributed by atoms with Crippen LogP contribution in [0.2, 0.25) is 0 Å². The predicted octanol–water partition coefficient (Wildman–Crippen LogP) is 4.01. The van der Waals surface area contributed by atoms with E-state index in [1.165, 1.54) is 24.1 Å². The zero-order chi connectivity index (χ0) is 25.8. The molecule has 36 heavy (non-hydrogen) atoms. The van der Waals surface area contributed by atoms with Crippen molar-refractivity contribution in [3.05, 3.63) is 29.1 Å². The number of carbonyl (C=O) groups is 2. The van der Waals surface area contributed by atoms with E-state index in [1.807, 2.05) is 0 Å². The Morgan fingerprint density at radius 2 is 1.92 bits per heavy atom. The van der Waals surface area contributed by atoms with Crippen LogP contribution in [0, 0.1) is 11.3 Å². The molecule has 3 aliphatic rings. The van der Waals surface area contributed by atoms with Crippen molar-refractivity contribution in [2.24, 2.45) is 11.3 Å². The quantitative estimate of drug-likeness (QED) is 0.492. The molecule has 1 saturated heterocycles. The summed E-state index contributed by atoms with van der Waals surface area (Å²) in [5, 5.41) is 11.6. The zero-order valence-electron chi connectivity index (χ0n) is 20.4.